The van der Waals surface area contributed by atoms with Crippen LogP contribution in [-0.2, 0) is 10.3 Å². The van der Waals surface area contributed by atoms with Crippen LogP contribution in [0.15, 0.2) is 66.7 Å². The fraction of sp³-hybridized carbons (Fsp3) is 0.310. The van der Waals surface area contributed by atoms with Crippen LogP contribution in [0.5, 0.6) is 5.75 Å². The van der Waals surface area contributed by atoms with E-state index < -0.39 is 22.3 Å². The minimum atomic E-state index is -1.29. The van der Waals surface area contributed by atoms with E-state index in [0.29, 0.717) is 46.3 Å². The van der Waals surface area contributed by atoms with E-state index >= 15 is 0 Å². The molecule has 4 atom stereocenters. The molecule has 38 heavy (non-hydrogen) atoms. The molecule has 2 saturated heterocycles. The van der Waals surface area contributed by atoms with Crippen molar-refractivity contribution in [1.82, 2.24) is 4.90 Å². The Hall–Kier alpha value is -3.75. The Bertz CT molecular complexity index is 1460. The molecule has 3 unspecified atom stereocenters. The number of nitro benzene ring substituents is 1. The van der Waals surface area contributed by atoms with Gasteiger partial charge in [0.2, 0.25) is 5.91 Å². The zero-order valence-corrected chi connectivity index (χ0v) is 21.5. The number of benzene rings is 3. The topological polar surface area (TPSA) is 102 Å². The molecular weight excluding hydrogens is 506 g/mol. The lowest BCUT2D eigenvalue weighted by atomic mass is 9.68. The van der Waals surface area contributed by atoms with Crippen molar-refractivity contribution in [2.24, 2.45) is 5.92 Å². The van der Waals surface area contributed by atoms with Gasteiger partial charge in [-0.15, -0.1) is 0 Å². The maximum absolute atomic E-state index is 14.5. The number of carbonyl (C=O) groups is 2. The molecule has 3 aliphatic heterocycles. The summed E-state index contributed by atoms with van der Waals surface area (Å²) in [6.45, 7) is 3.02. The van der Waals surface area contributed by atoms with Crippen LogP contribution in [0.1, 0.15) is 47.2 Å². The van der Waals surface area contributed by atoms with Crippen LogP contribution in [0.3, 0.4) is 0 Å². The van der Waals surface area contributed by atoms with Crippen molar-refractivity contribution in [2.45, 2.75) is 37.3 Å². The molecule has 0 saturated carbocycles. The second-order valence-corrected chi connectivity index (χ2v) is 10.4. The van der Waals surface area contributed by atoms with Gasteiger partial charge in [-0.1, -0.05) is 23.7 Å². The van der Waals surface area contributed by atoms with E-state index in [2.05, 4.69) is 10.2 Å². The van der Waals surface area contributed by atoms with Crippen molar-refractivity contribution in [1.29, 1.82) is 0 Å². The summed E-state index contributed by atoms with van der Waals surface area (Å²) in [7, 11) is 0. The van der Waals surface area contributed by atoms with Gasteiger partial charge in [0.05, 0.1) is 17.4 Å². The summed E-state index contributed by atoms with van der Waals surface area (Å²) in [5.74, 6) is -1.07. The van der Waals surface area contributed by atoms with Crippen LogP contribution < -0.4 is 10.1 Å². The largest absolute Gasteiger partial charge is 0.494 e. The molecule has 0 bridgehead atoms. The van der Waals surface area contributed by atoms with Crippen LogP contribution >= 0.6 is 11.6 Å². The Morgan fingerprint density at radius 1 is 1.18 bits per heavy atom. The number of carbonyl (C=O) groups excluding carboxylic acids is 2. The van der Waals surface area contributed by atoms with Gasteiger partial charge >= 0.3 is 0 Å². The standard InChI is InChI=1S/C29H26ClN3O5/c1-2-38-21-11-8-17(9-12-21)27(34)26-25(18-5-3-6-20(15-18)33(36)37)24-7-4-14-32(24)29(26)22-16-19(30)10-13-23(22)31-28(29)35/h3,5-6,8-13,15-16,24-26H,2,4,7,14H2,1H3,(H,31,35)/t24?,25?,26?,29-/m1/s1. The van der Waals surface area contributed by atoms with Gasteiger partial charge in [0.1, 0.15) is 11.3 Å². The summed E-state index contributed by atoms with van der Waals surface area (Å²) in [5.41, 5.74) is 1.12. The molecule has 6 rings (SSSR count). The lowest BCUT2D eigenvalue weighted by molar-refractivity contribution is -0.384. The molecular formula is C29H26ClN3O5. The lowest BCUT2D eigenvalue weighted by Crippen LogP contribution is -2.52. The van der Waals surface area contributed by atoms with Gasteiger partial charge in [-0.3, -0.25) is 24.6 Å². The van der Waals surface area contributed by atoms with Crippen LogP contribution in [0.25, 0.3) is 0 Å². The van der Waals surface area contributed by atoms with Crippen molar-refractivity contribution in [3.8, 4) is 5.75 Å². The minimum Gasteiger partial charge on any atom is -0.494 e. The van der Waals surface area contributed by atoms with E-state index in [1.165, 1.54) is 6.07 Å². The third-order valence-electron chi connectivity index (χ3n) is 8.16. The van der Waals surface area contributed by atoms with E-state index in [1.54, 1.807) is 54.6 Å². The maximum Gasteiger partial charge on any atom is 0.269 e. The van der Waals surface area contributed by atoms with Crippen LogP contribution in [0.2, 0.25) is 5.02 Å². The van der Waals surface area contributed by atoms with E-state index in [4.69, 9.17) is 16.3 Å². The van der Waals surface area contributed by atoms with Gasteiger partial charge in [0, 0.05) is 45.9 Å². The Morgan fingerprint density at radius 2 is 1.97 bits per heavy atom. The van der Waals surface area contributed by atoms with Crippen molar-refractivity contribution < 1.29 is 19.2 Å². The first-order chi connectivity index (χ1) is 18.4. The molecule has 2 fully saturated rings. The number of ether oxygens (including phenoxy) is 1. The van der Waals surface area contributed by atoms with Gasteiger partial charge in [0.25, 0.3) is 5.69 Å². The average molecular weight is 532 g/mol. The SMILES string of the molecule is CCOc1ccc(C(=O)C2C(c3cccc([N+](=O)[O-])c3)C3CCCN3[C@@]23C(=O)Nc2ccc(Cl)cc23)cc1. The lowest BCUT2D eigenvalue weighted by Gasteiger charge is -2.37. The fourth-order valence-corrected chi connectivity index (χ4v) is 6.99. The number of halogens is 1. The first-order valence-electron chi connectivity index (χ1n) is 12.8. The first-order valence-corrected chi connectivity index (χ1v) is 13.1. The Labute approximate surface area is 224 Å². The number of nitrogens with zero attached hydrogens (tertiary/aromatic N) is 2. The summed E-state index contributed by atoms with van der Waals surface area (Å²) in [5, 5.41) is 15.1. The van der Waals surface area contributed by atoms with Gasteiger partial charge in [0.15, 0.2) is 5.78 Å². The molecule has 9 heteroatoms. The molecule has 3 aliphatic rings. The van der Waals surface area contributed by atoms with E-state index in [0.717, 1.165) is 12.8 Å². The summed E-state index contributed by atoms with van der Waals surface area (Å²) in [6, 6.07) is 18.5. The number of fused-ring (bicyclic) bond motifs is 4. The minimum absolute atomic E-state index is 0.0421. The number of amides is 1. The zero-order chi connectivity index (χ0) is 26.6. The average Bonchev–Trinajstić information content (AvgIpc) is 3.57. The van der Waals surface area contributed by atoms with E-state index in [-0.39, 0.29) is 23.4 Å². The Kier molecular flexibility index (Phi) is 5.96. The van der Waals surface area contributed by atoms with Crippen molar-refractivity contribution in [3.05, 3.63) is 98.6 Å². The highest BCUT2D eigenvalue weighted by molar-refractivity contribution is 6.31. The van der Waals surface area contributed by atoms with E-state index in [1.807, 2.05) is 13.0 Å². The Morgan fingerprint density at radius 3 is 2.71 bits per heavy atom. The number of hydrogen-bond acceptors (Lipinski definition) is 6. The number of hydrogen-bond donors (Lipinski definition) is 1. The predicted molar refractivity (Wildman–Crippen MR) is 143 cm³/mol. The predicted octanol–water partition coefficient (Wildman–Crippen LogP) is 5.56. The molecule has 3 aromatic rings. The smallest absolute Gasteiger partial charge is 0.269 e. The summed E-state index contributed by atoms with van der Waals surface area (Å²) < 4.78 is 5.56. The number of anilines is 1. The van der Waals surface area contributed by atoms with Crippen LogP contribution in [-0.4, -0.2) is 40.7 Å². The monoisotopic (exact) mass is 531 g/mol. The molecule has 194 valence electrons. The second kappa shape index (κ2) is 9.22. The van der Waals surface area contributed by atoms with Crippen molar-refractivity contribution >= 4 is 34.7 Å². The quantitative estimate of drug-likeness (QED) is 0.254. The van der Waals surface area contributed by atoms with Gasteiger partial charge in [-0.05, 0) is 74.3 Å². The Balaban J connectivity index is 1.58. The molecule has 0 aromatic heterocycles. The highest BCUT2D eigenvalue weighted by atomic mass is 35.5. The van der Waals surface area contributed by atoms with Gasteiger partial charge in [-0.25, -0.2) is 0 Å². The number of non-ortho nitro benzene ring substituents is 1. The maximum atomic E-state index is 14.5. The number of nitro groups is 1. The fourth-order valence-electron chi connectivity index (χ4n) is 6.81. The summed E-state index contributed by atoms with van der Waals surface area (Å²) in [6.07, 6.45) is 1.62. The normalized spacial score (nSPS) is 25.7. The highest BCUT2D eigenvalue weighted by Crippen LogP contribution is 2.61. The molecule has 1 N–H and O–H groups in total. The molecule has 0 aliphatic carbocycles. The molecule has 3 aromatic carbocycles. The zero-order valence-electron chi connectivity index (χ0n) is 20.7. The second-order valence-electron chi connectivity index (χ2n) is 9.99. The molecule has 3 heterocycles. The highest BCUT2D eigenvalue weighted by Gasteiger charge is 2.69. The number of Topliss-reactive ketones (excluding diaryl/α,β-unsaturated/α-hetero) is 1. The van der Waals surface area contributed by atoms with Gasteiger partial charge < -0.3 is 10.1 Å². The molecule has 8 nitrogen and oxygen atoms in total. The van der Waals surface area contributed by atoms with Crippen molar-refractivity contribution in [2.75, 3.05) is 18.5 Å². The molecule has 0 radical (unpaired) electrons. The molecule has 1 spiro atoms. The number of nitrogens with one attached hydrogen (secondary N) is 1. The van der Waals surface area contributed by atoms with Crippen LogP contribution in [0, 0.1) is 16.0 Å². The summed E-state index contributed by atoms with van der Waals surface area (Å²) >= 11 is 6.44. The summed E-state index contributed by atoms with van der Waals surface area (Å²) in [4.78, 5) is 42.0. The van der Waals surface area contributed by atoms with Crippen LogP contribution in [0.4, 0.5) is 11.4 Å². The van der Waals surface area contributed by atoms with Gasteiger partial charge in [-0.2, -0.15) is 0 Å². The first kappa shape index (κ1) is 24.6. The van der Waals surface area contributed by atoms with E-state index in [9.17, 15) is 19.7 Å². The van der Waals surface area contributed by atoms with Crippen molar-refractivity contribution in [3.63, 3.8) is 0 Å². The number of rotatable bonds is 6. The third kappa shape index (κ3) is 3.55. The third-order valence-corrected chi connectivity index (χ3v) is 8.40. The number of ketones is 1. The molecule has 1 amide bonds.